The summed E-state index contributed by atoms with van der Waals surface area (Å²) < 4.78 is 7.02. The minimum absolute atomic E-state index is 0.153. The van der Waals surface area contributed by atoms with Gasteiger partial charge in [-0.15, -0.1) is 0 Å². The number of anilines is 1. The van der Waals surface area contributed by atoms with Crippen molar-refractivity contribution in [1.82, 2.24) is 9.88 Å². The third-order valence-electron chi connectivity index (χ3n) is 3.51. The smallest absolute Gasteiger partial charge is 0.410 e. The molecule has 1 unspecified atom stereocenters. The van der Waals surface area contributed by atoms with Crippen molar-refractivity contribution >= 4 is 43.6 Å². The number of nitrogens with zero attached hydrogens (tertiary/aromatic N) is 3. The van der Waals surface area contributed by atoms with Crippen LogP contribution in [0, 0.1) is 0 Å². The Kier molecular flexibility index (Phi) is 5.37. The van der Waals surface area contributed by atoms with Crippen molar-refractivity contribution in [2.75, 3.05) is 25.0 Å². The quantitative estimate of drug-likeness (QED) is 0.658. The van der Waals surface area contributed by atoms with Gasteiger partial charge in [-0.3, -0.25) is 0 Å². The highest BCUT2D eigenvalue weighted by molar-refractivity contribution is 9.11. The summed E-state index contributed by atoms with van der Waals surface area (Å²) >= 11 is 6.82. The van der Waals surface area contributed by atoms with Gasteiger partial charge >= 0.3 is 6.09 Å². The Bertz CT molecular complexity index is 540. The second-order valence-electron chi connectivity index (χ2n) is 6.45. The Labute approximate surface area is 148 Å². The largest absolute Gasteiger partial charge is 0.444 e. The second-order valence-corrected chi connectivity index (χ2v) is 8.08. The molecule has 2 rings (SSSR count). The molecule has 0 radical (unpaired) electrons. The van der Waals surface area contributed by atoms with Crippen molar-refractivity contribution < 1.29 is 9.53 Å². The maximum absolute atomic E-state index is 12.2. The summed E-state index contributed by atoms with van der Waals surface area (Å²) in [5.41, 5.74) is 0.624. The number of hydrogen-bond acceptors (Lipinski definition) is 4. The van der Waals surface area contributed by atoms with E-state index >= 15 is 0 Å². The molecule has 1 aliphatic rings. The first-order chi connectivity index (χ1) is 10.2. The third-order valence-corrected chi connectivity index (χ3v) is 4.32. The van der Waals surface area contributed by atoms with Crippen molar-refractivity contribution in [1.29, 1.82) is 0 Å². The zero-order valence-electron chi connectivity index (χ0n) is 13.3. The van der Waals surface area contributed by atoms with Gasteiger partial charge in [0.2, 0.25) is 0 Å². The maximum Gasteiger partial charge on any atom is 0.410 e. The second kappa shape index (κ2) is 6.74. The molecule has 0 N–H and O–H groups in total. The van der Waals surface area contributed by atoms with Gasteiger partial charge in [-0.1, -0.05) is 0 Å². The van der Waals surface area contributed by atoms with Crippen molar-refractivity contribution in [3.8, 4) is 0 Å². The van der Waals surface area contributed by atoms with Gasteiger partial charge in [-0.2, -0.15) is 0 Å². The number of ether oxygens (including phenoxy) is 1. The fourth-order valence-corrected chi connectivity index (χ4v) is 3.50. The monoisotopic (exact) mass is 433 g/mol. The first kappa shape index (κ1) is 17.5. The van der Waals surface area contributed by atoms with E-state index in [0.717, 1.165) is 34.4 Å². The number of aromatic nitrogens is 1. The SMILES string of the molecule is CN(C(=O)OC(C)(C)C)C1CCN(c2cc(Br)nc(Br)c2)C1. The lowest BCUT2D eigenvalue weighted by Crippen LogP contribution is -2.42. The van der Waals surface area contributed by atoms with E-state index in [2.05, 4.69) is 41.7 Å². The lowest BCUT2D eigenvalue weighted by Gasteiger charge is -2.28. The molecule has 1 aromatic heterocycles. The molecule has 7 heteroatoms. The van der Waals surface area contributed by atoms with Crippen molar-refractivity contribution in [2.24, 2.45) is 0 Å². The first-order valence-corrected chi connectivity index (χ1v) is 8.78. The fraction of sp³-hybridized carbons (Fsp3) is 0.600. The molecule has 1 fully saturated rings. The fourth-order valence-electron chi connectivity index (χ4n) is 2.41. The molecule has 1 aromatic rings. The molecule has 1 amide bonds. The summed E-state index contributed by atoms with van der Waals surface area (Å²) in [7, 11) is 1.81. The van der Waals surface area contributed by atoms with Crippen LogP contribution in [0.3, 0.4) is 0 Å². The van der Waals surface area contributed by atoms with E-state index in [4.69, 9.17) is 4.74 Å². The number of likely N-dealkylation sites (N-methyl/N-ethyl adjacent to an activating group) is 1. The van der Waals surface area contributed by atoms with Gasteiger partial charge < -0.3 is 14.5 Å². The van der Waals surface area contributed by atoms with Gasteiger partial charge in [0, 0.05) is 25.8 Å². The molecule has 2 heterocycles. The van der Waals surface area contributed by atoms with Gasteiger partial charge in [0.25, 0.3) is 0 Å². The van der Waals surface area contributed by atoms with E-state index in [1.165, 1.54) is 0 Å². The lowest BCUT2D eigenvalue weighted by atomic mass is 10.2. The van der Waals surface area contributed by atoms with Crippen molar-refractivity contribution in [3.05, 3.63) is 21.3 Å². The molecule has 1 atom stereocenters. The zero-order chi connectivity index (χ0) is 16.5. The molecule has 5 nitrogen and oxygen atoms in total. The lowest BCUT2D eigenvalue weighted by molar-refractivity contribution is 0.0238. The van der Waals surface area contributed by atoms with E-state index < -0.39 is 5.60 Å². The van der Waals surface area contributed by atoms with Crippen molar-refractivity contribution in [3.63, 3.8) is 0 Å². The number of carbonyl (C=O) groups excluding carboxylic acids is 1. The van der Waals surface area contributed by atoms with Crippen LogP contribution in [0.5, 0.6) is 0 Å². The summed E-state index contributed by atoms with van der Waals surface area (Å²) in [6.45, 7) is 7.34. The molecule has 0 saturated carbocycles. The number of hydrogen-bond donors (Lipinski definition) is 0. The van der Waals surface area contributed by atoms with Crippen LogP contribution >= 0.6 is 31.9 Å². The highest BCUT2D eigenvalue weighted by Crippen LogP contribution is 2.27. The Morgan fingerprint density at radius 1 is 1.36 bits per heavy atom. The van der Waals surface area contributed by atoms with Crippen LogP contribution in [-0.4, -0.2) is 47.8 Å². The van der Waals surface area contributed by atoms with Crippen LogP contribution in [0.15, 0.2) is 21.3 Å². The van der Waals surface area contributed by atoms with Gasteiger partial charge in [-0.05, 0) is 71.2 Å². The molecule has 1 saturated heterocycles. The van der Waals surface area contributed by atoms with E-state index in [0.29, 0.717) is 0 Å². The summed E-state index contributed by atoms with van der Waals surface area (Å²) in [6, 6.07) is 4.13. The maximum atomic E-state index is 12.2. The Hall–Kier alpha value is -0.820. The average molecular weight is 435 g/mol. The van der Waals surface area contributed by atoms with Crippen LogP contribution in [0.4, 0.5) is 10.5 Å². The van der Waals surface area contributed by atoms with Gasteiger partial charge in [0.05, 0.1) is 6.04 Å². The van der Waals surface area contributed by atoms with E-state index in [-0.39, 0.29) is 12.1 Å². The number of carbonyl (C=O) groups is 1. The molecule has 0 aliphatic carbocycles. The van der Waals surface area contributed by atoms with Crippen LogP contribution in [0.1, 0.15) is 27.2 Å². The van der Waals surface area contributed by atoms with Crippen LogP contribution < -0.4 is 4.90 Å². The molecule has 0 spiro atoms. The van der Waals surface area contributed by atoms with Crippen LogP contribution in [0.2, 0.25) is 0 Å². The minimum Gasteiger partial charge on any atom is -0.444 e. The molecule has 1 aliphatic heterocycles. The normalized spacial score (nSPS) is 18.5. The predicted octanol–water partition coefficient (Wildman–Crippen LogP) is 4.05. The highest BCUT2D eigenvalue weighted by atomic mass is 79.9. The zero-order valence-corrected chi connectivity index (χ0v) is 16.4. The molecular weight excluding hydrogens is 414 g/mol. The van der Waals surface area contributed by atoms with Gasteiger partial charge in [0.1, 0.15) is 14.8 Å². The number of pyridine rings is 1. The summed E-state index contributed by atoms with van der Waals surface area (Å²) in [4.78, 5) is 20.4. The summed E-state index contributed by atoms with van der Waals surface area (Å²) in [5, 5.41) is 0. The molecule has 0 bridgehead atoms. The first-order valence-electron chi connectivity index (χ1n) is 7.19. The molecule has 122 valence electrons. The standard InChI is InChI=1S/C15H21Br2N3O2/c1-15(2,3)22-14(21)19(4)10-5-6-20(9-10)11-7-12(16)18-13(17)8-11/h7-8,10H,5-6,9H2,1-4H3. The summed E-state index contributed by atoms with van der Waals surface area (Å²) in [6.07, 6.45) is 0.657. The predicted molar refractivity (Wildman–Crippen MR) is 94.3 cm³/mol. The average Bonchev–Trinajstić information content (AvgIpc) is 2.84. The molecular formula is C15H21Br2N3O2. The Balaban J connectivity index is 2.01. The van der Waals surface area contributed by atoms with Crippen LogP contribution in [0.25, 0.3) is 0 Å². The van der Waals surface area contributed by atoms with E-state index in [1.807, 2.05) is 32.9 Å². The molecule has 0 aromatic carbocycles. The Morgan fingerprint density at radius 2 is 1.95 bits per heavy atom. The highest BCUT2D eigenvalue weighted by Gasteiger charge is 2.31. The minimum atomic E-state index is -0.468. The van der Waals surface area contributed by atoms with E-state index in [1.54, 1.807) is 11.9 Å². The Morgan fingerprint density at radius 3 is 2.50 bits per heavy atom. The van der Waals surface area contributed by atoms with Crippen LogP contribution in [-0.2, 0) is 4.74 Å². The number of amides is 1. The summed E-state index contributed by atoms with van der Waals surface area (Å²) in [5.74, 6) is 0. The number of rotatable bonds is 2. The topological polar surface area (TPSA) is 45.7 Å². The van der Waals surface area contributed by atoms with Gasteiger partial charge in [-0.25, -0.2) is 9.78 Å². The molecule has 22 heavy (non-hydrogen) atoms. The number of halogens is 2. The van der Waals surface area contributed by atoms with E-state index in [9.17, 15) is 4.79 Å². The third kappa shape index (κ3) is 4.59. The van der Waals surface area contributed by atoms with Crippen molar-refractivity contribution in [2.45, 2.75) is 38.8 Å². The van der Waals surface area contributed by atoms with Gasteiger partial charge in [0.15, 0.2) is 0 Å².